The molecule has 2 aromatic rings. The van der Waals surface area contributed by atoms with Crippen LogP contribution < -0.4 is 4.72 Å². The van der Waals surface area contributed by atoms with Gasteiger partial charge in [-0.1, -0.05) is 11.6 Å². The molecule has 0 aliphatic heterocycles. The predicted octanol–water partition coefficient (Wildman–Crippen LogP) is 2.74. The lowest BCUT2D eigenvalue weighted by Gasteiger charge is -2.10. The third-order valence-corrected chi connectivity index (χ3v) is 6.42. The second-order valence-electron chi connectivity index (χ2n) is 6.63. The van der Waals surface area contributed by atoms with Crippen LogP contribution in [0.1, 0.15) is 38.5 Å². The number of hydrogen-bond donors (Lipinski definition) is 1. The monoisotopic (exact) mass is 456 g/mol. The van der Waals surface area contributed by atoms with Gasteiger partial charge in [-0.25, -0.2) is 17.9 Å². The van der Waals surface area contributed by atoms with Crippen LogP contribution in [-0.2, 0) is 26.0 Å². The average Bonchev–Trinajstić information content (AvgIpc) is 3.00. The molecule has 0 unspecified atom stereocenters. The number of nitrogens with zero attached hydrogens (tertiary/aromatic N) is 1. The molecule has 8 nitrogen and oxygen atoms in total. The lowest BCUT2D eigenvalue weighted by Crippen LogP contribution is -2.20. The fourth-order valence-electron chi connectivity index (χ4n) is 3.03. The van der Waals surface area contributed by atoms with Crippen LogP contribution in [0.2, 0.25) is 5.02 Å². The molecule has 1 aromatic carbocycles. The molecule has 1 N–H and O–H groups in total. The van der Waals surface area contributed by atoms with E-state index in [4.69, 9.17) is 21.1 Å². The number of carbonyl (C=O) groups is 2. The summed E-state index contributed by atoms with van der Waals surface area (Å²) in [4.78, 5) is 24.9. The summed E-state index contributed by atoms with van der Waals surface area (Å²) in [5.74, 6) is -1.24. The molecule has 0 aliphatic rings. The minimum absolute atomic E-state index is 0.0267. The Balaban J connectivity index is 2.13. The number of sulfonamides is 1. The first-order valence-corrected chi connectivity index (χ1v) is 11.1. The van der Waals surface area contributed by atoms with Crippen LogP contribution in [0, 0.1) is 13.8 Å². The minimum atomic E-state index is -3.76. The molecule has 0 radical (unpaired) electrons. The number of ether oxygens (including phenoxy) is 2. The molecule has 0 bridgehead atoms. The SMILES string of the molecule is CNS(=O)(=O)c1ccc(Cl)c(C(=O)OCC(=O)c2cc(C)n(CCCOC)c2C)c1. The quantitative estimate of drug-likeness (QED) is 0.335. The molecule has 0 saturated carbocycles. The van der Waals surface area contributed by atoms with Gasteiger partial charge in [0.2, 0.25) is 15.8 Å². The zero-order chi connectivity index (χ0) is 22.5. The molecule has 30 heavy (non-hydrogen) atoms. The van der Waals surface area contributed by atoms with Crippen LogP contribution in [-0.4, -0.2) is 52.1 Å². The normalized spacial score (nSPS) is 11.5. The van der Waals surface area contributed by atoms with Crippen LogP contribution in [0.15, 0.2) is 29.2 Å². The van der Waals surface area contributed by atoms with Gasteiger partial charge in [-0.2, -0.15) is 0 Å². The molecule has 0 amide bonds. The van der Waals surface area contributed by atoms with Gasteiger partial charge in [0.25, 0.3) is 0 Å². The van der Waals surface area contributed by atoms with Gasteiger partial charge < -0.3 is 14.0 Å². The molecule has 10 heteroatoms. The summed E-state index contributed by atoms with van der Waals surface area (Å²) >= 11 is 6.01. The summed E-state index contributed by atoms with van der Waals surface area (Å²) in [6, 6.07) is 5.43. The van der Waals surface area contributed by atoms with Crippen molar-refractivity contribution in [1.82, 2.24) is 9.29 Å². The van der Waals surface area contributed by atoms with E-state index in [1.54, 1.807) is 13.2 Å². The van der Waals surface area contributed by atoms with Crippen molar-refractivity contribution in [2.45, 2.75) is 31.7 Å². The highest BCUT2D eigenvalue weighted by Crippen LogP contribution is 2.22. The van der Waals surface area contributed by atoms with E-state index in [9.17, 15) is 18.0 Å². The number of methoxy groups -OCH3 is 1. The van der Waals surface area contributed by atoms with Gasteiger partial charge in [0.05, 0.1) is 15.5 Å². The number of nitrogens with one attached hydrogen (secondary N) is 1. The van der Waals surface area contributed by atoms with E-state index in [1.807, 2.05) is 18.4 Å². The zero-order valence-corrected chi connectivity index (χ0v) is 18.9. The molecular formula is C20H25ClN2O6S. The topological polar surface area (TPSA) is 104 Å². The third-order valence-electron chi connectivity index (χ3n) is 4.68. The fourth-order valence-corrected chi connectivity index (χ4v) is 3.98. The van der Waals surface area contributed by atoms with Crippen LogP contribution >= 0.6 is 11.6 Å². The Kier molecular flexibility index (Phi) is 8.19. The van der Waals surface area contributed by atoms with Gasteiger partial charge in [0.15, 0.2) is 6.61 Å². The first kappa shape index (κ1) is 24.1. The summed E-state index contributed by atoms with van der Waals surface area (Å²) in [5, 5.41) is 0.0267. The standard InChI is InChI=1S/C20H25ClN2O6S/c1-13-10-16(14(2)23(13)8-5-9-28-4)19(24)12-29-20(25)17-11-15(6-7-18(17)21)30(26,27)22-3/h6-7,10-11,22H,5,8-9,12H2,1-4H3. The maximum Gasteiger partial charge on any atom is 0.340 e. The molecule has 1 heterocycles. The number of hydrogen-bond acceptors (Lipinski definition) is 6. The van der Waals surface area contributed by atoms with Crippen molar-refractivity contribution in [3.63, 3.8) is 0 Å². The summed E-state index contributed by atoms with van der Waals surface area (Å²) in [5.41, 5.74) is 2.04. The average molecular weight is 457 g/mol. The smallest absolute Gasteiger partial charge is 0.340 e. The number of benzene rings is 1. The van der Waals surface area contributed by atoms with Gasteiger partial charge in [-0.3, -0.25) is 4.79 Å². The minimum Gasteiger partial charge on any atom is -0.454 e. The number of aromatic nitrogens is 1. The Hall–Kier alpha value is -2.20. The van der Waals surface area contributed by atoms with Crippen molar-refractivity contribution >= 4 is 33.4 Å². The summed E-state index contributed by atoms with van der Waals surface area (Å²) < 4.78 is 38.2. The van der Waals surface area contributed by atoms with E-state index in [2.05, 4.69) is 4.72 Å². The Morgan fingerprint density at radius 3 is 2.50 bits per heavy atom. The largest absolute Gasteiger partial charge is 0.454 e. The van der Waals surface area contributed by atoms with E-state index in [-0.39, 0.29) is 21.3 Å². The Morgan fingerprint density at radius 2 is 1.87 bits per heavy atom. The fraction of sp³-hybridized carbons (Fsp3) is 0.400. The Bertz CT molecular complexity index is 1050. The van der Waals surface area contributed by atoms with Crippen molar-refractivity contribution in [3.8, 4) is 0 Å². The lowest BCUT2D eigenvalue weighted by molar-refractivity contribution is 0.0474. The van der Waals surface area contributed by atoms with Crippen molar-refractivity contribution in [2.75, 3.05) is 27.4 Å². The van der Waals surface area contributed by atoms with E-state index >= 15 is 0 Å². The first-order valence-electron chi connectivity index (χ1n) is 9.21. The number of halogens is 1. The summed E-state index contributed by atoms with van der Waals surface area (Å²) in [7, 11) is -0.868. The third kappa shape index (κ3) is 5.48. The van der Waals surface area contributed by atoms with Gasteiger partial charge in [-0.15, -0.1) is 0 Å². The second kappa shape index (κ2) is 10.2. The van der Waals surface area contributed by atoms with E-state index in [0.717, 1.165) is 23.9 Å². The Morgan fingerprint density at radius 1 is 1.17 bits per heavy atom. The summed E-state index contributed by atoms with van der Waals surface area (Å²) in [6.45, 7) is 4.57. The summed E-state index contributed by atoms with van der Waals surface area (Å²) in [6.07, 6.45) is 0.805. The maximum absolute atomic E-state index is 12.6. The van der Waals surface area contributed by atoms with Crippen molar-refractivity contribution in [2.24, 2.45) is 0 Å². The van der Waals surface area contributed by atoms with Crippen LogP contribution in [0.25, 0.3) is 0 Å². The number of esters is 1. The molecule has 0 fully saturated rings. The van der Waals surface area contributed by atoms with Crippen LogP contribution in [0.3, 0.4) is 0 Å². The van der Waals surface area contributed by atoms with Gasteiger partial charge in [0.1, 0.15) is 0 Å². The van der Waals surface area contributed by atoms with E-state index in [1.165, 1.54) is 19.2 Å². The maximum atomic E-state index is 12.6. The number of ketones is 1. The predicted molar refractivity (Wildman–Crippen MR) is 113 cm³/mol. The first-order chi connectivity index (χ1) is 14.1. The Labute approximate surface area is 181 Å². The molecule has 0 spiro atoms. The molecular weight excluding hydrogens is 432 g/mol. The lowest BCUT2D eigenvalue weighted by atomic mass is 10.1. The number of carbonyl (C=O) groups excluding carboxylic acids is 2. The molecule has 1 aromatic heterocycles. The highest BCUT2D eigenvalue weighted by Gasteiger charge is 2.21. The van der Waals surface area contributed by atoms with Crippen LogP contribution in [0.4, 0.5) is 0 Å². The van der Waals surface area contributed by atoms with E-state index in [0.29, 0.717) is 18.7 Å². The highest BCUT2D eigenvalue weighted by atomic mass is 35.5. The van der Waals surface area contributed by atoms with E-state index < -0.39 is 22.6 Å². The number of aryl methyl sites for hydroxylation is 1. The number of Topliss-reactive ketones (excluding diaryl/α,β-unsaturated/α-hetero) is 1. The molecule has 0 saturated heterocycles. The molecule has 2 rings (SSSR count). The molecule has 0 aliphatic carbocycles. The van der Waals surface area contributed by atoms with Crippen LogP contribution in [0.5, 0.6) is 0 Å². The van der Waals surface area contributed by atoms with Gasteiger partial charge >= 0.3 is 5.97 Å². The van der Waals surface area contributed by atoms with Crippen molar-refractivity contribution in [1.29, 1.82) is 0 Å². The van der Waals surface area contributed by atoms with Gasteiger partial charge in [0, 0.05) is 37.2 Å². The van der Waals surface area contributed by atoms with Gasteiger partial charge in [-0.05, 0) is 51.6 Å². The van der Waals surface area contributed by atoms with Crippen molar-refractivity contribution < 1.29 is 27.5 Å². The highest BCUT2D eigenvalue weighted by molar-refractivity contribution is 7.89. The molecule has 164 valence electrons. The number of rotatable bonds is 10. The second-order valence-corrected chi connectivity index (χ2v) is 8.93. The molecule has 0 atom stereocenters. The van der Waals surface area contributed by atoms with Crippen molar-refractivity contribution in [3.05, 3.63) is 51.8 Å². The zero-order valence-electron chi connectivity index (χ0n) is 17.3.